The van der Waals surface area contributed by atoms with Gasteiger partial charge in [-0.3, -0.25) is 9.59 Å². The Kier molecular flexibility index (Phi) is 6.17. The number of sulfonamides is 1. The molecule has 3 aromatic rings. The maximum atomic E-state index is 13.2. The summed E-state index contributed by atoms with van der Waals surface area (Å²) >= 11 is 0. The first kappa shape index (κ1) is 22.2. The number of aryl methyl sites for hydroxylation is 1. The van der Waals surface area contributed by atoms with Crippen LogP contribution in [0.15, 0.2) is 58.2 Å². The van der Waals surface area contributed by atoms with Crippen molar-refractivity contribution in [2.24, 2.45) is 5.92 Å². The largest absolute Gasteiger partial charge is 0.348 e. The van der Waals surface area contributed by atoms with E-state index in [4.69, 9.17) is 0 Å². The monoisotopic (exact) mass is 453 g/mol. The second kappa shape index (κ2) is 8.88. The van der Waals surface area contributed by atoms with Gasteiger partial charge in [0.2, 0.25) is 15.6 Å². The topological polar surface area (TPSA) is 99.3 Å². The van der Waals surface area contributed by atoms with Crippen molar-refractivity contribution in [2.75, 3.05) is 13.1 Å². The van der Waals surface area contributed by atoms with Crippen molar-refractivity contribution in [3.05, 3.63) is 75.6 Å². The molecule has 0 bridgehead atoms. The van der Waals surface area contributed by atoms with Crippen LogP contribution in [-0.4, -0.2) is 36.7 Å². The molecule has 1 amide bonds. The number of piperidine rings is 1. The number of pyridine rings is 1. The van der Waals surface area contributed by atoms with Crippen LogP contribution in [0.2, 0.25) is 0 Å². The summed E-state index contributed by atoms with van der Waals surface area (Å²) in [7, 11) is -3.69. The maximum Gasteiger partial charge on any atom is 0.252 e. The number of H-pyrrole nitrogens is 1. The summed E-state index contributed by atoms with van der Waals surface area (Å²) in [6.07, 6.45) is 1.84. The molecular formula is C24H27N3O4S. The molecule has 1 fully saturated rings. The number of amides is 1. The first-order valence-corrected chi connectivity index (χ1v) is 12.2. The summed E-state index contributed by atoms with van der Waals surface area (Å²) in [4.78, 5) is 27.9. The summed E-state index contributed by atoms with van der Waals surface area (Å²) in [5.41, 5.74) is 2.21. The van der Waals surface area contributed by atoms with Crippen LogP contribution in [0.3, 0.4) is 0 Å². The molecule has 1 saturated heterocycles. The number of carbonyl (C=O) groups is 1. The highest BCUT2D eigenvalue weighted by Gasteiger charge is 2.29. The van der Waals surface area contributed by atoms with Crippen molar-refractivity contribution in [2.45, 2.75) is 38.1 Å². The molecule has 1 unspecified atom stereocenters. The lowest BCUT2D eigenvalue weighted by Gasteiger charge is -2.30. The van der Waals surface area contributed by atoms with E-state index >= 15 is 0 Å². The molecule has 2 N–H and O–H groups in total. The summed E-state index contributed by atoms with van der Waals surface area (Å²) in [6.45, 7) is 5.30. The lowest BCUT2D eigenvalue weighted by Crippen LogP contribution is -2.39. The highest BCUT2D eigenvalue weighted by molar-refractivity contribution is 7.89. The molecule has 2 heterocycles. The second-order valence-corrected chi connectivity index (χ2v) is 10.5. The SMILES string of the molecule is Cc1ccc(CNC(=O)c2cc(=O)[nH]c3ccc(S(=O)(=O)N4CCCC(C)C4)cc23)cc1. The molecular weight excluding hydrogens is 426 g/mol. The zero-order valence-corrected chi connectivity index (χ0v) is 19.0. The van der Waals surface area contributed by atoms with Gasteiger partial charge in [0, 0.05) is 36.6 Å². The normalized spacial score (nSPS) is 17.4. The zero-order valence-electron chi connectivity index (χ0n) is 18.2. The van der Waals surface area contributed by atoms with Gasteiger partial charge in [-0.15, -0.1) is 0 Å². The van der Waals surface area contributed by atoms with E-state index in [2.05, 4.69) is 10.3 Å². The average molecular weight is 454 g/mol. The first-order valence-electron chi connectivity index (χ1n) is 10.7. The smallest absolute Gasteiger partial charge is 0.252 e. The fourth-order valence-electron chi connectivity index (χ4n) is 4.08. The second-order valence-electron chi connectivity index (χ2n) is 8.53. The van der Waals surface area contributed by atoms with Gasteiger partial charge in [-0.05, 0) is 49.4 Å². The molecule has 2 aromatic carbocycles. The lowest BCUT2D eigenvalue weighted by molar-refractivity contribution is 0.0952. The van der Waals surface area contributed by atoms with Gasteiger partial charge in [-0.2, -0.15) is 4.31 Å². The Morgan fingerprint density at radius 3 is 2.62 bits per heavy atom. The van der Waals surface area contributed by atoms with Crippen LogP contribution < -0.4 is 10.9 Å². The standard InChI is InChI=1S/C24H27N3O4S/c1-16-5-7-18(8-6-16)14-25-24(29)21-13-23(28)26-22-10-9-19(12-20(21)22)32(30,31)27-11-3-4-17(2)15-27/h5-10,12-13,17H,3-4,11,14-15H2,1-2H3,(H,25,29)(H,26,28). The van der Waals surface area contributed by atoms with Gasteiger partial charge in [-0.1, -0.05) is 36.8 Å². The molecule has 8 heteroatoms. The third-order valence-corrected chi connectivity index (χ3v) is 7.75. The van der Waals surface area contributed by atoms with Crippen LogP contribution in [0.4, 0.5) is 0 Å². The molecule has 1 aliphatic heterocycles. The van der Waals surface area contributed by atoms with Crippen LogP contribution in [-0.2, 0) is 16.6 Å². The van der Waals surface area contributed by atoms with Crippen molar-refractivity contribution < 1.29 is 13.2 Å². The lowest BCUT2D eigenvalue weighted by atomic mass is 10.0. The Morgan fingerprint density at radius 2 is 1.91 bits per heavy atom. The number of nitrogens with zero attached hydrogens (tertiary/aromatic N) is 1. The van der Waals surface area contributed by atoms with E-state index in [9.17, 15) is 18.0 Å². The van der Waals surface area contributed by atoms with Crippen molar-refractivity contribution in [3.8, 4) is 0 Å². The summed E-state index contributed by atoms with van der Waals surface area (Å²) in [5, 5.41) is 3.23. The molecule has 4 rings (SSSR count). The number of hydrogen-bond acceptors (Lipinski definition) is 4. The Bertz CT molecular complexity index is 1310. The molecule has 0 spiro atoms. The van der Waals surface area contributed by atoms with E-state index in [1.54, 1.807) is 6.07 Å². The number of fused-ring (bicyclic) bond motifs is 1. The number of rotatable bonds is 5. The minimum atomic E-state index is -3.69. The quantitative estimate of drug-likeness (QED) is 0.620. The van der Waals surface area contributed by atoms with Gasteiger partial charge in [0.05, 0.1) is 10.5 Å². The zero-order chi connectivity index (χ0) is 22.9. The molecule has 1 aromatic heterocycles. The van der Waals surface area contributed by atoms with E-state index in [1.165, 1.54) is 22.5 Å². The molecule has 0 saturated carbocycles. The fourth-order valence-corrected chi connectivity index (χ4v) is 5.70. The van der Waals surface area contributed by atoms with E-state index in [1.807, 2.05) is 38.1 Å². The molecule has 0 radical (unpaired) electrons. The fraction of sp³-hybridized carbons (Fsp3) is 0.333. The number of aromatic nitrogens is 1. The third-order valence-electron chi connectivity index (χ3n) is 5.89. The maximum absolute atomic E-state index is 13.2. The highest BCUT2D eigenvalue weighted by atomic mass is 32.2. The molecule has 1 atom stereocenters. The Labute approximate surface area is 187 Å². The van der Waals surface area contributed by atoms with Crippen LogP contribution in [0, 0.1) is 12.8 Å². The summed E-state index contributed by atoms with van der Waals surface area (Å²) < 4.78 is 27.9. The molecule has 0 aliphatic carbocycles. The van der Waals surface area contributed by atoms with Crippen molar-refractivity contribution >= 4 is 26.8 Å². The van der Waals surface area contributed by atoms with Crippen LogP contribution in [0.25, 0.3) is 10.9 Å². The molecule has 1 aliphatic rings. The third kappa shape index (κ3) is 4.61. The van der Waals surface area contributed by atoms with Crippen molar-refractivity contribution in [1.29, 1.82) is 0 Å². The number of benzene rings is 2. The summed E-state index contributed by atoms with van der Waals surface area (Å²) in [6, 6.07) is 13.5. The predicted octanol–water partition coefficient (Wildman–Crippen LogP) is 3.19. The van der Waals surface area contributed by atoms with Gasteiger partial charge >= 0.3 is 0 Å². The van der Waals surface area contributed by atoms with E-state index in [0.717, 1.165) is 24.0 Å². The van der Waals surface area contributed by atoms with Crippen molar-refractivity contribution in [3.63, 3.8) is 0 Å². The van der Waals surface area contributed by atoms with Crippen LogP contribution >= 0.6 is 0 Å². The van der Waals surface area contributed by atoms with E-state index in [0.29, 0.717) is 36.5 Å². The van der Waals surface area contributed by atoms with Gasteiger partial charge in [-0.25, -0.2) is 8.42 Å². The van der Waals surface area contributed by atoms with Gasteiger partial charge in [0.1, 0.15) is 0 Å². The van der Waals surface area contributed by atoms with Gasteiger partial charge in [0.15, 0.2) is 0 Å². The van der Waals surface area contributed by atoms with E-state index < -0.39 is 21.5 Å². The first-order chi connectivity index (χ1) is 15.2. The number of nitrogens with one attached hydrogen (secondary N) is 2. The highest BCUT2D eigenvalue weighted by Crippen LogP contribution is 2.26. The van der Waals surface area contributed by atoms with E-state index in [-0.39, 0.29) is 10.5 Å². The minimum Gasteiger partial charge on any atom is -0.348 e. The number of carbonyl (C=O) groups excluding carboxylic acids is 1. The number of aromatic amines is 1. The molecule has 168 valence electrons. The summed E-state index contributed by atoms with van der Waals surface area (Å²) in [5.74, 6) is -0.124. The minimum absolute atomic E-state index is 0.124. The average Bonchev–Trinajstić information content (AvgIpc) is 2.77. The van der Waals surface area contributed by atoms with Gasteiger partial charge in [0.25, 0.3) is 5.91 Å². The van der Waals surface area contributed by atoms with Crippen LogP contribution in [0.1, 0.15) is 41.3 Å². The Balaban J connectivity index is 1.67. The van der Waals surface area contributed by atoms with Crippen molar-refractivity contribution in [1.82, 2.24) is 14.6 Å². The van der Waals surface area contributed by atoms with Crippen LogP contribution in [0.5, 0.6) is 0 Å². The number of hydrogen-bond donors (Lipinski definition) is 2. The Hall–Kier alpha value is -2.97. The van der Waals surface area contributed by atoms with Gasteiger partial charge < -0.3 is 10.3 Å². The predicted molar refractivity (Wildman–Crippen MR) is 124 cm³/mol. The Morgan fingerprint density at radius 1 is 1.16 bits per heavy atom. The molecule has 32 heavy (non-hydrogen) atoms. The molecule has 7 nitrogen and oxygen atoms in total.